The van der Waals surface area contributed by atoms with Gasteiger partial charge in [-0.15, -0.1) is 0 Å². The van der Waals surface area contributed by atoms with Crippen LogP contribution in [0.4, 0.5) is 0 Å². The molecule has 1 saturated carbocycles. The van der Waals surface area contributed by atoms with E-state index in [1.54, 1.807) is 0 Å². The Balaban J connectivity index is 2.23. The predicted molar refractivity (Wildman–Crippen MR) is 94.8 cm³/mol. The van der Waals surface area contributed by atoms with Gasteiger partial charge in [-0.2, -0.15) is 0 Å². The number of hydrogen-bond donors (Lipinski definition) is 1. The van der Waals surface area contributed by atoms with Gasteiger partial charge in [0.25, 0.3) is 0 Å². The van der Waals surface area contributed by atoms with Gasteiger partial charge < -0.3 is 10.2 Å². The molecule has 0 spiro atoms. The second kappa shape index (κ2) is 10.6. The largest absolute Gasteiger partial charge is 0.313 e. The van der Waals surface area contributed by atoms with E-state index in [0.717, 1.165) is 23.8 Å². The van der Waals surface area contributed by atoms with E-state index in [4.69, 9.17) is 0 Å². The average Bonchev–Trinajstić information content (AvgIpc) is 2.41. The lowest BCUT2D eigenvalue weighted by Gasteiger charge is -2.29. The third-order valence-electron chi connectivity index (χ3n) is 4.84. The molecule has 1 fully saturated rings. The lowest BCUT2D eigenvalue weighted by Crippen LogP contribution is -2.40. The Morgan fingerprint density at radius 3 is 2.10 bits per heavy atom. The molecule has 2 heteroatoms. The molecule has 1 aliphatic carbocycles. The van der Waals surface area contributed by atoms with Crippen LogP contribution in [0, 0.1) is 17.8 Å². The Kier molecular flexibility index (Phi) is 9.59. The molecule has 2 nitrogen and oxygen atoms in total. The molecule has 0 aliphatic heterocycles. The van der Waals surface area contributed by atoms with Crippen LogP contribution in [-0.4, -0.2) is 37.1 Å². The van der Waals surface area contributed by atoms with E-state index in [9.17, 15) is 0 Å². The highest BCUT2D eigenvalue weighted by Crippen LogP contribution is 2.23. The highest BCUT2D eigenvalue weighted by atomic mass is 15.1. The van der Waals surface area contributed by atoms with Crippen LogP contribution in [0.1, 0.15) is 73.1 Å². The molecule has 2 unspecified atom stereocenters. The van der Waals surface area contributed by atoms with E-state index in [1.165, 1.54) is 64.7 Å². The van der Waals surface area contributed by atoms with E-state index >= 15 is 0 Å². The molecule has 0 heterocycles. The summed E-state index contributed by atoms with van der Waals surface area (Å²) in [5.41, 5.74) is 0. The maximum Gasteiger partial charge on any atom is 0.0107 e. The van der Waals surface area contributed by atoms with Crippen LogP contribution < -0.4 is 5.32 Å². The molecule has 0 radical (unpaired) electrons. The fraction of sp³-hybridized carbons (Fsp3) is 1.00. The van der Waals surface area contributed by atoms with E-state index in [0.29, 0.717) is 0 Å². The Bertz CT molecular complexity index is 238. The maximum atomic E-state index is 3.82. The van der Waals surface area contributed by atoms with Crippen molar-refractivity contribution in [1.82, 2.24) is 10.2 Å². The Morgan fingerprint density at radius 2 is 1.57 bits per heavy atom. The molecule has 0 bridgehead atoms. The van der Waals surface area contributed by atoms with Crippen molar-refractivity contribution in [3.05, 3.63) is 0 Å². The molecule has 1 rings (SSSR count). The second-order valence-corrected chi connectivity index (χ2v) is 8.13. The fourth-order valence-electron chi connectivity index (χ4n) is 3.26. The molecule has 0 saturated heterocycles. The van der Waals surface area contributed by atoms with Crippen LogP contribution in [0.3, 0.4) is 0 Å². The molecule has 1 aliphatic rings. The zero-order valence-corrected chi connectivity index (χ0v) is 15.3. The Labute approximate surface area is 134 Å². The summed E-state index contributed by atoms with van der Waals surface area (Å²) in [5, 5.41) is 3.82. The zero-order chi connectivity index (χ0) is 15.7. The van der Waals surface area contributed by atoms with Crippen LogP contribution >= 0.6 is 0 Å². The standard InChI is InChI=1S/C19H40N2/c1-16(2)9-12-21(13-10-17(3)4)14-11-20-19-8-6-7-18(5)15-19/h16-20H,6-15H2,1-5H3. The van der Waals surface area contributed by atoms with Crippen LogP contribution in [0.15, 0.2) is 0 Å². The second-order valence-electron chi connectivity index (χ2n) is 8.13. The molecule has 0 aromatic carbocycles. The molecular formula is C19H40N2. The summed E-state index contributed by atoms with van der Waals surface area (Å²) in [6, 6.07) is 0.783. The highest BCUT2D eigenvalue weighted by molar-refractivity contribution is 4.76. The van der Waals surface area contributed by atoms with Gasteiger partial charge in [-0.05, 0) is 56.5 Å². The summed E-state index contributed by atoms with van der Waals surface area (Å²) in [6.07, 6.45) is 8.30. The summed E-state index contributed by atoms with van der Waals surface area (Å²) >= 11 is 0. The first-order chi connectivity index (χ1) is 9.97. The Morgan fingerprint density at radius 1 is 0.952 bits per heavy atom. The minimum Gasteiger partial charge on any atom is -0.313 e. The topological polar surface area (TPSA) is 15.3 Å². The van der Waals surface area contributed by atoms with Gasteiger partial charge in [-0.25, -0.2) is 0 Å². The van der Waals surface area contributed by atoms with Gasteiger partial charge in [0.15, 0.2) is 0 Å². The van der Waals surface area contributed by atoms with Crippen molar-refractivity contribution in [3.63, 3.8) is 0 Å². The molecule has 21 heavy (non-hydrogen) atoms. The third kappa shape index (κ3) is 9.52. The number of nitrogens with zero attached hydrogens (tertiary/aromatic N) is 1. The zero-order valence-electron chi connectivity index (χ0n) is 15.3. The van der Waals surface area contributed by atoms with Gasteiger partial charge in [0, 0.05) is 19.1 Å². The molecule has 1 N–H and O–H groups in total. The highest BCUT2D eigenvalue weighted by Gasteiger charge is 2.18. The average molecular weight is 297 g/mol. The van der Waals surface area contributed by atoms with Gasteiger partial charge in [0.1, 0.15) is 0 Å². The third-order valence-corrected chi connectivity index (χ3v) is 4.84. The van der Waals surface area contributed by atoms with Gasteiger partial charge in [0.05, 0.1) is 0 Å². The van der Waals surface area contributed by atoms with Crippen molar-refractivity contribution in [2.24, 2.45) is 17.8 Å². The van der Waals surface area contributed by atoms with Crippen LogP contribution in [-0.2, 0) is 0 Å². The minimum atomic E-state index is 0.783. The summed E-state index contributed by atoms with van der Waals surface area (Å²) < 4.78 is 0. The maximum absolute atomic E-state index is 3.82. The van der Waals surface area contributed by atoms with Crippen molar-refractivity contribution in [3.8, 4) is 0 Å². The SMILES string of the molecule is CC(C)CCN(CCNC1CCCC(C)C1)CCC(C)C. The lowest BCUT2D eigenvalue weighted by atomic mass is 9.87. The molecule has 2 atom stereocenters. The molecule has 0 aromatic heterocycles. The first-order valence-electron chi connectivity index (χ1n) is 9.43. The summed E-state index contributed by atoms with van der Waals surface area (Å²) in [7, 11) is 0. The van der Waals surface area contributed by atoms with Crippen molar-refractivity contribution in [1.29, 1.82) is 0 Å². The lowest BCUT2D eigenvalue weighted by molar-refractivity contribution is 0.230. The Hall–Kier alpha value is -0.0800. The number of hydrogen-bond acceptors (Lipinski definition) is 2. The minimum absolute atomic E-state index is 0.783. The van der Waals surface area contributed by atoms with Crippen LogP contribution in [0.2, 0.25) is 0 Å². The van der Waals surface area contributed by atoms with E-state index < -0.39 is 0 Å². The summed E-state index contributed by atoms with van der Waals surface area (Å²) in [4.78, 5) is 2.68. The van der Waals surface area contributed by atoms with Crippen molar-refractivity contribution < 1.29 is 0 Å². The first kappa shape index (κ1) is 19.0. The summed E-state index contributed by atoms with van der Waals surface area (Å²) in [6.45, 7) is 16.7. The predicted octanol–water partition coefficient (Wildman–Crippen LogP) is 4.55. The van der Waals surface area contributed by atoms with Crippen LogP contribution in [0.25, 0.3) is 0 Å². The fourth-order valence-corrected chi connectivity index (χ4v) is 3.26. The molecular weight excluding hydrogens is 256 g/mol. The van der Waals surface area contributed by atoms with E-state index in [2.05, 4.69) is 44.8 Å². The smallest absolute Gasteiger partial charge is 0.0107 e. The van der Waals surface area contributed by atoms with E-state index in [1.807, 2.05) is 0 Å². The van der Waals surface area contributed by atoms with Gasteiger partial charge in [-0.1, -0.05) is 47.5 Å². The monoisotopic (exact) mass is 296 g/mol. The molecule has 0 aromatic rings. The molecule has 126 valence electrons. The van der Waals surface area contributed by atoms with Gasteiger partial charge >= 0.3 is 0 Å². The van der Waals surface area contributed by atoms with Crippen molar-refractivity contribution in [2.45, 2.75) is 79.2 Å². The molecule has 0 amide bonds. The van der Waals surface area contributed by atoms with E-state index in [-0.39, 0.29) is 0 Å². The van der Waals surface area contributed by atoms with Crippen molar-refractivity contribution in [2.75, 3.05) is 26.2 Å². The normalized spacial score (nSPS) is 23.4. The first-order valence-corrected chi connectivity index (χ1v) is 9.43. The van der Waals surface area contributed by atoms with Gasteiger partial charge in [-0.3, -0.25) is 0 Å². The number of rotatable bonds is 10. The summed E-state index contributed by atoms with van der Waals surface area (Å²) in [5.74, 6) is 2.56. The number of nitrogens with one attached hydrogen (secondary N) is 1. The van der Waals surface area contributed by atoms with Crippen LogP contribution in [0.5, 0.6) is 0 Å². The quantitative estimate of drug-likeness (QED) is 0.636. The van der Waals surface area contributed by atoms with Gasteiger partial charge in [0.2, 0.25) is 0 Å². The van der Waals surface area contributed by atoms with Crippen molar-refractivity contribution >= 4 is 0 Å².